The number of methoxy groups -OCH3 is 2. The highest BCUT2D eigenvalue weighted by Gasteiger charge is 2.47. The van der Waals surface area contributed by atoms with Crippen LogP contribution in [0.25, 0.3) is 0 Å². The summed E-state index contributed by atoms with van der Waals surface area (Å²) in [6.45, 7) is 1.91. The lowest BCUT2D eigenvalue weighted by Gasteiger charge is -2.21. The molecule has 0 aliphatic carbocycles. The third-order valence-electron chi connectivity index (χ3n) is 4.16. The number of hydrogen-bond acceptors (Lipinski definition) is 5. The Hall–Kier alpha value is -2.57. The number of benzene rings is 2. The van der Waals surface area contributed by atoms with Gasteiger partial charge in [-0.3, -0.25) is 0 Å². The van der Waals surface area contributed by atoms with E-state index in [9.17, 15) is 5.21 Å². The fourth-order valence-electron chi connectivity index (χ4n) is 2.64. The van der Waals surface area contributed by atoms with Crippen molar-refractivity contribution in [2.75, 3.05) is 20.8 Å². The Morgan fingerprint density at radius 2 is 1.50 bits per heavy atom. The predicted molar refractivity (Wildman–Crippen MR) is 88.7 cm³/mol. The molecular weight excluding hydrogens is 310 g/mol. The van der Waals surface area contributed by atoms with E-state index in [4.69, 9.17) is 19.2 Å². The van der Waals surface area contributed by atoms with Crippen molar-refractivity contribution >= 4 is 11.4 Å². The van der Waals surface area contributed by atoms with Gasteiger partial charge in [-0.2, -0.15) is 4.74 Å². The van der Waals surface area contributed by atoms with Crippen LogP contribution in [0.15, 0.2) is 48.5 Å². The Balaban J connectivity index is 2.00. The minimum atomic E-state index is -0.964. The fraction of sp³-hybridized carbons (Fsp3) is 0.278. The second kappa shape index (κ2) is 6.51. The predicted octanol–water partition coefficient (Wildman–Crippen LogP) is 3.16. The topological polar surface area (TPSA) is 63.0 Å². The Kier molecular flexibility index (Phi) is 4.42. The molecule has 0 saturated carbocycles. The lowest BCUT2D eigenvalue weighted by Crippen LogP contribution is -2.34. The van der Waals surface area contributed by atoms with Crippen LogP contribution in [-0.4, -0.2) is 31.3 Å². The molecule has 0 radical (unpaired) electrons. The van der Waals surface area contributed by atoms with Gasteiger partial charge in [0, 0.05) is 12.1 Å². The Bertz CT molecular complexity index is 739. The van der Waals surface area contributed by atoms with Gasteiger partial charge in [0.15, 0.2) is 6.61 Å². The van der Waals surface area contributed by atoms with Gasteiger partial charge in [0.25, 0.3) is 0 Å². The zero-order chi connectivity index (χ0) is 17.2. The van der Waals surface area contributed by atoms with Crippen molar-refractivity contribution in [3.63, 3.8) is 0 Å². The smallest absolute Gasteiger partial charge is 0.238 e. The second-order valence-corrected chi connectivity index (χ2v) is 5.55. The van der Waals surface area contributed by atoms with Crippen LogP contribution >= 0.6 is 0 Å². The summed E-state index contributed by atoms with van der Waals surface area (Å²) < 4.78 is 11.1. The molecule has 0 amide bonds. The molecular formula is C18H19NO5. The fourth-order valence-corrected chi connectivity index (χ4v) is 2.64. The molecule has 6 heteroatoms. The molecule has 0 spiro atoms. The second-order valence-electron chi connectivity index (χ2n) is 5.55. The molecule has 24 heavy (non-hydrogen) atoms. The summed E-state index contributed by atoms with van der Waals surface area (Å²) in [7, 11) is 3.19. The van der Waals surface area contributed by atoms with Crippen LogP contribution in [0, 0.1) is 5.21 Å². The van der Waals surface area contributed by atoms with Gasteiger partial charge in [-0.25, -0.2) is 9.78 Å². The molecule has 1 saturated heterocycles. The van der Waals surface area contributed by atoms with Crippen LogP contribution in [0.4, 0.5) is 5.69 Å². The normalized spacial score (nSPS) is 22.3. The molecule has 3 rings (SSSR count). The van der Waals surface area contributed by atoms with E-state index in [2.05, 4.69) is 0 Å². The lowest BCUT2D eigenvalue weighted by molar-refractivity contribution is -0.368. The van der Waals surface area contributed by atoms with Crippen LogP contribution in [0.5, 0.6) is 11.5 Å². The van der Waals surface area contributed by atoms with E-state index in [0.717, 1.165) is 16.1 Å². The molecule has 0 aromatic heterocycles. The van der Waals surface area contributed by atoms with Crippen molar-refractivity contribution in [3.8, 4) is 11.5 Å². The summed E-state index contributed by atoms with van der Waals surface area (Å²) in [6, 6.07) is 14.2. The first-order valence-electron chi connectivity index (χ1n) is 7.51. The average molecular weight is 329 g/mol. The minimum absolute atomic E-state index is 0.0953. The zero-order valence-electron chi connectivity index (χ0n) is 13.8. The number of ether oxygens (including phenoxy) is 2. The van der Waals surface area contributed by atoms with E-state index >= 15 is 0 Å². The van der Waals surface area contributed by atoms with Crippen molar-refractivity contribution in [2.45, 2.75) is 12.5 Å². The number of nitrogens with zero attached hydrogens (tertiary/aromatic N) is 1. The van der Waals surface area contributed by atoms with E-state index in [1.54, 1.807) is 38.5 Å². The monoisotopic (exact) mass is 329 g/mol. The highest BCUT2D eigenvalue weighted by molar-refractivity contribution is 5.92. The van der Waals surface area contributed by atoms with Gasteiger partial charge >= 0.3 is 0 Å². The molecule has 0 bridgehead atoms. The molecule has 1 aliphatic heterocycles. The van der Waals surface area contributed by atoms with E-state index in [1.165, 1.54) is 0 Å². The molecule has 6 nitrogen and oxygen atoms in total. The maximum absolute atomic E-state index is 12.8. The SMILES string of the molecule is COc1ccc(/[N+]([O-])=C2\COOC2(C)c2ccc(OC)cc2)cc1. The quantitative estimate of drug-likeness (QED) is 0.373. The molecule has 1 aliphatic rings. The van der Waals surface area contributed by atoms with E-state index < -0.39 is 5.60 Å². The van der Waals surface area contributed by atoms with Crippen LogP contribution in [0.1, 0.15) is 12.5 Å². The van der Waals surface area contributed by atoms with Crippen molar-refractivity contribution in [1.82, 2.24) is 0 Å². The van der Waals surface area contributed by atoms with E-state index in [-0.39, 0.29) is 6.61 Å². The Morgan fingerprint density at radius 1 is 0.958 bits per heavy atom. The van der Waals surface area contributed by atoms with Gasteiger partial charge < -0.3 is 14.7 Å². The maximum atomic E-state index is 12.8. The third-order valence-corrected chi connectivity index (χ3v) is 4.16. The van der Waals surface area contributed by atoms with Crippen LogP contribution in [0.2, 0.25) is 0 Å². The first-order chi connectivity index (χ1) is 11.6. The molecule has 1 fully saturated rings. The minimum Gasteiger partial charge on any atom is -0.618 e. The highest BCUT2D eigenvalue weighted by Crippen LogP contribution is 2.34. The molecule has 126 valence electrons. The van der Waals surface area contributed by atoms with Crippen LogP contribution in [0.3, 0.4) is 0 Å². The van der Waals surface area contributed by atoms with Crippen LogP contribution in [-0.2, 0) is 15.4 Å². The van der Waals surface area contributed by atoms with Gasteiger partial charge in [0.1, 0.15) is 11.5 Å². The van der Waals surface area contributed by atoms with Crippen LogP contribution < -0.4 is 9.47 Å². The summed E-state index contributed by atoms with van der Waals surface area (Å²) in [6.07, 6.45) is 0. The lowest BCUT2D eigenvalue weighted by atomic mass is 9.91. The van der Waals surface area contributed by atoms with Gasteiger partial charge in [-0.15, -0.1) is 0 Å². The summed E-state index contributed by atoms with van der Waals surface area (Å²) in [5, 5.41) is 12.8. The highest BCUT2D eigenvalue weighted by atomic mass is 17.2. The zero-order valence-corrected chi connectivity index (χ0v) is 13.8. The summed E-state index contributed by atoms with van der Waals surface area (Å²) in [5.41, 5.74) is 0.802. The summed E-state index contributed by atoms with van der Waals surface area (Å²) in [4.78, 5) is 10.6. The molecule has 2 aromatic rings. The molecule has 1 atom stereocenters. The Morgan fingerprint density at radius 3 is 2.04 bits per heavy atom. The summed E-state index contributed by atoms with van der Waals surface area (Å²) in [5.74, 6) is 1.42. The van der Waals surface area contributed by atoms with Crippen molar-refractivity contribution in [2.24, 2.45) is 0 Å². The molecule has 1 unspecified atom stereocenters. The van der Waals surface area contributed by atoms with Gasteiger partial charge in [-0.1, -0.05) is 12.1 Å². The van der Waals surface area contributed by atoms with Gasteiger partial charge in [0.05, 0.1) is 14.2 Å². The molecule has 1 heterocycles. The van der Waals surface area contributed by atoms with E-state index in [1.807, 2.05) is 31.2 Å². The van der Waals surface area contributed by atoms with Gasteiger partial charge in [-0.05, 0) is 36.8 Å². The van der Waals surface area contributed by atoms with Crippen molar-refractivity contribution < 1.29 is 24.0 Å². The first kappa shape index (κ1) is 16.3. The van der Waals surface area contributed by atoms with Gasteiger partial charge in [0.2, 0.25) is 17.0 Å². The number of hydrogen-bond donors (Lipinski definition) is 0. The standard InChI is InChI=1S/C18H19NO5/c1-18(13-4-8-15(21-2)9-5-13)17(12-23-24-18)19(20)14-6-10-16(22-3)11-7-14/h4-11H,12H2,1-3H3/b19-17-. The van der Waals surface area contributed by atoms with E-state index in [0.29, 0.717) is 17.1 Å². The van der Waals surface area contributed by atoms with Crippen molar-refractivity contribution in [1.29, 1.82) is 0 Å². The first-order valence-corrected chi connectivity index (χ1v) is 7.51. The third kappa shape index (κ3) is 2.81. The summed E-state index contributed by atoms with van der Waals surface area (Å²) >= 11 is 0. The molecule has 0 N–H and O–H groups in total. The largest absolute Gasteiger partial charge is 0.618 e. The molecule has 2 aromatic carbocycles. The average Bonchev–Trinajstić information content (AvgIpc) is 3.04. The maximum Gasteiger partial charge on any atom is 0.238 e. The Labute approximate surface area is 140 Å². The van der Waals surface area contributed by atoms with Crippen molar-refractivity contribution in [3.05, 3.63) is 59.3 Å². The number of rotatable bonds is 4.